The average molecular weight is 469 g/mol. The Kier molecular flexibility index (Phi) is 7.50. The highest BCUT2D eigenvalue weighted by atomic mass is 16.6. The number of benzene rings is 4. The average Bonchev–Trinajstić information content (AvgIpc) is 2.85. The maximum Gasteiger partial charge on any atom is 0.352 e. The fraction of sp³-hybridized carbons (Fsp3) is 0.290. The quantitative estimate of drug-likeness (QED) is 0.204. The van der Waals surface area contributed by atoms with E-state index in [-0.39, 0.29) is 6.61 Å². The van der Waals surface area contributed by atoms with Crippen molar-refractivity contribution in [3.05, 3.63) is 95.6 Å². The van der Waals surface area contributed by atoms with Crippen molar-refractivity contribution in [1.29, 1.82) is 0 Å². The van der Waals surface area contributed by atoms with Crippen molar-refractivity contribution in [2.75, 3.05) is 6.61 Å². The van der Waals surface area contributed by atoms with Crippen molar-refractivity contribution in [3.63, 3.8) is 0 Å². The van der Waals surface area contributed by atoms with Gasteiger partial charge in [-0.15, -0.1) is 0 Å². The van der Waals surface area contributed by atoms with Crippen LogP contribution in [0.4, 0.5) is 0 Å². The third-order valence-corrected chi connectivity index (χ3v) is 6.29. The van der Waals surface area contributed by atoms with Gasteiger partial charge in [0.2, 0.25) is 6.10 Å². The van der Waals surface area contributed by atoms with Gasteiger partial charge in [0, 0.05) is 5.56 Å². The first-order valence-corrected chi connectivity index (χ1v) is 12.2. The molecule has 0 bridgehead atoms. The molecule has 0 aliphatic carbocycles. The molecule has 4 aromatic carbocycles. The van der Waals surface area contributed by atoms with E-state index in [9.17, 15) is 9.59 Å². The predicted molar refractivity (Wildman–Crippen MR) is 140 cm³/mol. The van der Waals surface area contributed by atoms with Crippen LogP contribution in [0.5, 0.6) is 0 Å². The minimum Gasteiger partial charge on any atom is -0.463 e. The lowest BCUT2D eigenvalue weighted by Gasteiger charge is -2.22. The minimum atomic E-state index is -1.17. The highest BCUT2D eigenvalue weighted by Crippen LogP contribution is 2.36. The molecule has 0 fully saturated rings. The summed E-state index contributed by atoms with van der Waals surface area (Å²) in [5.41, 5.74) is 2.74. The second-order valence-electron chi connectivity index (χ2n) is 9.36. The van der Waals surface area contributed by atoms with Crippen molar-refractivity contribution in [3.8, 4) is 0 Å². The van der Waals surface area contributed by atoms with E-state index in [1.807, 2.05) is 67.6 Å². The Bertz CT molecular complexity index is 1280. The summed E-state index contributed by atoms with van der Waals surface area (Å²) in [5.74, 6) is -0.996. The first-order valence-electron chi connectivity index (χ1n) is 12.2. The molecule has 4 aromatic rings. The number of hydrogen-bond acceptors (Lipinski definition) is 4. The summed E-state index contributed by atoms with van der Waals surface area (Å²) in [6.45, 7) is 8.12. The van der Waals surface area contributed by atoms with Gasteiger partial charge in [0.25, 0.3) is 0 Å². The normalized spacial score (nSPS) is 13.1. The zero-order valence-corrected chi connectivity index (χ0v) is 20.8. The topological polar surface area (TPSA) is 52.6 Å². The Labute approximate surface area is 206 Å². The molecule has 0 amide bonds. The molecule has 0 spiro atoms. The highest BCUT2D eigenvalue weighted by molar-refractivity contribution is 6.05. The summed E-state index contributed by atoms with van der Waals surface area (Å²) < 4.78 is 11.3. The third kappa shape index (κ3) is 5.37. The van der Waals surface area contributed by atoms with E-state index in [0.29, 0.717) is 11.5 Å². The van der Waals surface area contributed by atoms with Crippen LogP contribution in [0.2, 0.25) is 0 Å². The summed E-state index contributed by atoms with van der Waals surface area (Å²) in [6, 6.07) is 25.8. The Morgan fingerprint density at radius 3 is 1.89 bits per heavy atom. The fourth-order valence-electron chi connectivity index (χ4n) is 4.54. The van der Waals surface area contributed by atoms with Crippen molar-refractivity contribution < 1.29 is 19.1 Å². The molecule has 0 saturated carbocycles. The van der Waals surface area contributed by atoms with E-state index >= 15 is 0 Å². The zero-order valence-electron chi connectivity index (χ0n) is 20.8. The maximum absolute atomic E-state index is 13.3. The molecule has 35 heavy (non-hydrogen) atoms. The van der Waals surface area contributed by atoms with Crippen molar-refractivity contribution in [2.24, 2.45) is 5.92 Å². The van der Waals surface area contributed by atoms with Crippen LogP contribution in [0, 0.1) is 5.92 Å². The first-order chi connectivity index (χ1) is 16.9. The Morgan fingerprint density at radius 2 is 1.34 bits per heavy atom. The molecule has 4 nitrogen and oxygen atoms in total. The Morgan fingerprint density at radius 1 is 0.771 bits per heavy atom. The van der Waals surface area contributed by atoms with Crippen molar-refractivity contribution in [1.82, 2.24) is 0 Å². The van der Waals surface area contributed by atoms with Gasteiger partial charge in [-0.2, -0.15) is 0 Å². The monoisotopic (exact) mass is 468 g/mol. The van der Waals surface area contributed by atoms with Crippen molar-refractivity contribution in [2.45, 2.75) is 46.1 Å². The molecule has 0 heterocycles. The van der Waals surface area contributed by atoms with Crippen LogP contribution in [-0.4, -0.2) is 18.5 Å². The van der Waals surface area contributed by atoms with Gasteiger partial charge >= 0.3 is 11.9 Å². The number of carbonyl (C=O) groups excluding carboxylic acids is 2. The molecule has 0 saturated heterocycles. The first kappa shape index (κ1) is 24.5. The van der Waals surface area contributed by atoms with Crippen LogP contribution in [0.3, 0.4) is 0 Å². The third-order valence-electron chi connectivity index (χ3n) is 6.29. The lowest BCUT2D eigenvalue weighted by molar-refractivity contribution is -0.168. The summed E-state index contributed by atoms with van der Waals surface area (Å²) in [7, 11) is 0. The lowest BCUT2D eigenvalue weighted by atomic mass is 9.93. The zero-order chi connectivity index (χ0) is 24.9. The Hall–Kier alpha value is -3.66. The molecule has 4 rings (SSSR count). The predicted octanol–water partition coefficient (Wildman–Crippen LogP) is 7.14. The SMILES string of the molecule is CCOC(=O)[C@@H](OC(=O)[C@@H](C)c1ccc(CC(C)C)cc1)c1c2ccccc2cc2ccccc12. The number of ether oxygens (including phenoxy) is 2. The summed E-state index contributed by atoms with van der Waals surface area (Å²) in [6.07, 6.45) is -0.181. The van der Waals surface area contributed by atoms with Gasteiger partial charge in [-0.25, -0.2) is 4.79 Å². The lowest BCUT2D eigenvalue weighted by Crippen LogP contribution is -2.25. The van der Waals surface area contributed by atoms with Gasteiger partial charge < -0.3 is 9.47 Å². The number of esters is 2. The number of rotatable bonds is 8. The molecule has 0 unspecified atom stereocenters. The molecule has 0 N–H and O–H groups in total. The van der Waals surface area contributed by atoms with Gasteiger partial charge in [-0.1, -0.05) is 86.6 Å². The number of hydrogen-bond donors (Lipinski definition) is 0. The highest BCUT2D eigenvalue weighted by Gasteiger charge is 2.32. The minimum absolute atomic E-state index is 0.197. The molecule has 2 atom stereocenters. The second kappa shape index (κ2) is 10.7. The number of carbonyl (C=O) groups is 2. The van der Waals surface area contributed by atoms with Gasteiger partial charge in [-0.05, 0) is 64.9 Å². The molecule has 0 aromatic heterocycles. The van der Waals surface area contributed by atoms with Crippen LogP contribution in [0.15, 0.2) is 78.9 Å². The van der Waals surface area contributed by atoms with Crippen LogP contribution in [0.25, 0.3) is 21.5 Å². The molecule has 4 heteroatoms. The largest absolute Gasteiger partial charge is 0.463 e. The van der Waals surface area contributed by atoms with Gasteiger partial charge in [0.05, 0.1) is 12.5 Å². The van der Waals surface area contributed by atoms with Gasteiger partial charge in [0.1, 0.15) is 0 Å². The molecular formula is C31H32O4. The molecule has 0 aliphatic heterocycles. The van der Waals surface area contributed by atoms with E-state index < -0.39 is 24.0 Å². The van der Waals surface area contributed by atoms with E-state index in [0.717, 1.165) is 33.5 Å². The van der Waals surface area contributed by atoms with Crippen LogP contribution < -0.4 is 0 Å². The molecular weight excluding hydrogens is 436 g/mol. The van der Waals surface area contributed by atoms with E-state index in [2.05, 4.69) is 32.0 Å². The summed E-state index contributed by atoms with van der Waals surface area (Å²) in [4.78, 5) is 26.5. The molecule has 0 aliphatic rings. The van der Waals surface area contributed by atoms with E-state index in [4.69, 9.17) is 9.47 Å². The Balaban J connectivity index is 1.72. The van der Waals surface area contributed by atoms with Gasteiger partial charge in [-0.3, -0.25) is 4.79 Å². The van der Waals surface area contributed by atoms with Crippen LogP contribution >= 0.6 is 0 Å². The number of fused-ring (bicyclic) bond motifs is 2. The summed E-state index contributed by atoms with van der Waals surface area (Å²) >= 11 is 0. The molecule has 180 valence electrons. The smallest absolute Gasteiger partial charge is 0.352 e. The second-order valence-corrected chi connectivity index (χ2v) is 9.36. The summed E-state index contributed by atoms with van der Waals surface area (Å²) in [5, 5.41) is 3.67. The molecule has 0 radical (unpaired) electrons. The van der Waals surface area contributed by atoms with E-state index in [1.54, 1.807) is 6.92 Å². The van der Waals surface area contributed by atoms with E-state index in [1.165, 1.54) is 5.56 Å². The van der Waals surface area contributed by atoms with Crippen LogP contribution in [0.1, 0.15) is 56.4 Å². The van der Waals surface area contributed by atoms with Crippen LogP contribution in [-0.2, 0) is 25.5 Å². The van der Waals surface area contributed by atoms with Crippen molar-refractivity contribution >= 4 is 33.5 Å². The maximum atomic E-state index is 13.3. The fourth-order valence-corrected chi connectivity index (χ4v) is 4.54. The van der Waals surface area contributed by atoms with Gasteiger partial charge in [0.15, 0.2) is 0 Å². The standard InChI is InChI=1S/C31H32O4/c1-5-34-31(33)29(35-30(32)21(4)23-16-14-22(15-17-23)18-20(2)3)28-26-12-8-6-10-24(26)19-25-11-7-9-13-27(25)28/h6-17,19-21,29H,5,18H2,1-4H3/t21-,29-/m0/s1.